The lowest BCUT2D eigenvalue weighted by molar-refractivity contribution is -0.178. The van der Waals surface area contributed by atoms with Crippen molar-refractivity contribution < 1.29 is 85.9 Å². The van der Waals surface area contributed by atoms with Gasteiger partial charge in [0.2, 0.25) is 0 Å². The summed E-state index contributed by atoms with van der Waals surface area (Å²) in [5.41, 5.74) is 0.371. The highest BCUT2D eigenvalue weighted by Crippen LogP contribution is 2.37. The van der Waals surface area contributed by atoms with Crippen LogP contribution < -0.4 is 0 Å². The molecule has 2 aliphatic heterocycles. The Labute approximate surface area is 495 Å². The number of hydrogen-bond donors (Lipinski definition) is 3. The van der Waals surface area contributed by atoms with E-state index in [2.05, 4.69) is 19.9 Å². The van der Waals surface area contributed by atoms with Gasteiger partial charge in [-0.25, -0.2) is 36.3 Å². The van der Waals surface area contributed by atoms with E-state index in [1.165, 1.54) is 55.1 Å². The van der Waals surface area contributed by atoms with Crippen molar-refractivity contribution in [3.63, 3.8) is 0 Å². The van der Waals surface area contributed by atoms with Crippen molar-refractivity contribution in [2.24, 2.45) is 0 Å². The number of carbonyl (C=O) groups is 2. The fourth-order valence-electron chi connectivity index (χ4n) is 9.73. The van der Waals surface area contributed by atoms with Crippen LogP contribution in [0.1, 0.15) is 85.8 Å². The number of aryl methyl sites for hydroxylation is 2. The summed E-state index contributed by atoms with van der Waals surface area (Å²) in [6.45, 7) is 2.60. The maximum Gasteiger partial charge on any atom is 0.297 e. The molecule has 3 N–H and O–H groups in total. The number of halogens is 6. The zero-order valence-electron chi connectivity index (χ0n) is 46.1. The number of carbonyl (C=O) groups excluding carboxylic acids is 2. The number of aromatic nitrogens is 4. The predicted molar refractivity (Wildman–Crippen MR) is 299 cm³/mol. The second kappa shape index (κ2) is 27.4. The van der Waals surface area contributed by atoms with Gasteiger partial charge in [-0.3, -0.25) is 27.9 Å². The number of hydrogen-bond acceptors (Lipinski definition) is 17. The van der Waals surface area contributed by atoms with Crippen molar-refractivity contribution in [1.29, 1.82) is 0 Å². The normalized spacial score (nSPS) is 19.6. The Kier molecular flexibility index (Phi) is 20.0. The van der Waals surface area contributed by atoms with Gasteiger partial charge in [-0.2, -0.15) is 16.8 Å². The zero-order chi connectivity index (χ0) is 62.3. The largest absolute Gasteiger partial charge is 0.390 e. The lowest BCUT2D eigenvalue weighted by atomic mass is 9.91. The fourth-order valence-corrected chi connectivity index (χ4v) is 11.6. The first-order valence-corrected chi connectivity index (χ1v) is 29.7. The lowest BCUT2D eigenvalue weighted by Gasteiger charge is -2.37. The van der Waals surface area contributed by atoms with Crippen LogP contribution in [-0.2, 0) is 50.9 Å². The van der Waals surface area contributed by atoms with Crippen LogP contribution >= 0.6 is 0 Å². The first kappa shape index (κ1) is 63.5. The molecule has 6 heterocycles. The van der Waals surface area contributed by atoms with E-state index < -0.39 is 145 Å². The summed E-state index contributed by atoms with van der Waals surface area (Å²) in [7, 11) is -8.29. The molecular formula is C62H54F6N4O13S2. The van der Waals surface area contributed by atoms with Gasteiger partial charge in [-0.05, 0) is 134 Å². The van der Waals surface area contributed by atoms with Gasteiger partial charge < -0.3 is 24.8 Å². The molecular weight excluding hydrogens is 1190 g/mol. The molecule has 0 aliphatic carbocycles. The van der Waals surface area contributed by atoms with Crippen molar-refractivity contribution in [3.8, 4) is 22.5 Å². The van der Waals surface area contributed by atoms with Gasteiger partial charge in [-0.1, -0.05) is 47.5 Å². The van der Waals surface area contributed by atoms with E-state index in [1.54, 1.807) is 37.3 Å². The lowest BCUT2D eigenvalue weighted by Crippen LogP contribution is -2.48. The number of aliphatic hydroxyl groups is 3. The number of Topliss-reactive ketones (excluding diaryl/α,β-unsaturated/α-hetero) is 2. The second-order valence-corrected chi connectivity index (χ2v) is 23.7. The zero-order valence-corrected chi connectivity index (χ0v) is 47.8. The number of aliphatic hydroxyl groups excluding tert-OH is 3. The Bertz CT molecular complexity index is 4020. The molecule has 87 heavy (non-hydrogen) atoms. The third kappa shape index (κ3) is 15.1. The van der Waals surface area contributed by atoms with Gasteiger partial charge in [0.25, 0.3) is 20.2 Å². The van der Waals surface area contributed by atoms with Gasteiger partial charge >= 0.3 is 0 Å². The maximum atomic E-state index is 14.5. The molecule has 0 unspecified atom stereocenters. The maximum absolute atomic E-state index is 14.5. The van der Waals surface area contributed by atoms with Crippen molar-refractivity contribution in [2.45, 2.75) is 98.5 Å². The van der Waals surface area contributed by atoms with E-state index in [4.69, 9.17) is 17.8 Å². The number of ether oxygens (including phenoxy) is 2. The molecule has 0 amide bonds. The Balaban J connectivity index is 0.000000208. The molecule has 7 atom stereocenters. The molecule has 2 saturated heterocycles. The summed E-state index contributed by atoms with van der Waals surface area (Å²) < 4.78 is 159. The molecule has 0 radical (unpaired) electrons. The van der Waals surface area contributed by atoms with E-state index in [1.807, 2.05) is 6.92 Å². The molecule has 17 nitrogen and oxygen atoms in total. The Morgan fingerprint density at radius 2 is 0.931 bits per heavy atom. The van der Waals surface area contributed by atoms with Crippen LogP contribution in [0.25, 0.3) is 22.5 Å². The quantitative estimate of drug-likeness (QED) is 0.0411. The smallest absolute Gasteiger partial charge is 0.297 e. The average molecular weight is 1240 g/mol. The van der Waals surface area contributed by atoms with E-state index in [9.17, 15) is 68.1 Å². The molecule has 10 rings (SSSR count). The van der Waals surface area contributed by atoms with Crippen LogP contribution in [0.5, 0.6) is 0 Å². The molecule has 4 aromatic heterocycles. The molecule has 25 heteroatoms. The first-order chi connectivity index (χ1) is 41.5. The summed E-state index contributed by atoms with van der Waals surface area (Å²) in [5.74, 6) is -7.33. The summed E-state index contributed by atoms with van der Waals surface area (Å²) in [6.07, 6.45) is -1.82. The van der Waals surface area contributed by atoms with Crippen LogP contribution in [0.2, 0.25) is 0 Å². The molecule has 454 valence electrons. The van der Waals surface area contributed by atoms with Crippen LogP contribution in [0.3, 0.4) is 0 Å². The number of rotatable bonds is 18. The van der Waals surface area contributed by atoms with Gasteiger partial charge in [0.15, 0.2) is 11.6 Å². The second-order valence-electron chi connectivity index (χ2n) is 20.5. The Morgan fingerprint density at radius 3 is 1.38 bits per heavy atom. The van der Waals surface area contributed by atoms with E-state index >= 15 is 0 Å². The minimum absolute atomic E-state index is 0.0230. The standard InChI is InChI=1S/C31H27F3N2O7S.C31H27F3N2O6S/c1-17-5-7-19(8-6-17)44(40,41)42-16-28-31(39)26(38)14-27(43-28)20-11-12-35-15-18(20)13-25(37)24-10-9-23(34)30(36-24)29-21(32)3-2-4-22(29)33;1-18-5-7-20(8-6-18)43(39,40)41-17-29-26(37)11-12-28(42-29)21-13-14-35-16-19(21)15-27(38)25-10-9-24(34)31(36-25)30-22(32)3-2-4-23(30)33/h2-12,15,26-28,31,38-39H,13-14,16H2,1H3;2-10,13-14,16,26,28-29,37H,11-12,15,17H2,1H3/t26-,27-,28-,31+;26-,28+,29+/m10/s1. The highest BCUT2D eigenvalue weighted by Gasteiger charge is 2.40. The third-order valence-electron chi connectivity index (χ3n) is 14.4. The van der Waals surface area contributed by atoms with Crippen molar-refractivity contribution in [1.82, 2.24) is 19.9 Å². The Hall–Kier alpha value is -7.98. The van der Waals surface area contributed by atoms with Crippen LogP contribution in [0.15, 0.2) is 156 Å². The number of pyridine rings is 4. The van der Waals surface area contributed by atoms with E-state index in [-0.39, 0.29) is 46.9 Å². The number of nitrogens with zero attached hydrogens (tertiary/aromatic N) is 4. The molecule has 2 fully saturated rings. The first-order valence-electron chi connectivity index (χ1n) is 26.9. The van der Waals surface area contributed by atoms with Gasteiger partial charge in [0.1, 0.15) is 76.0 Å². The molecule has 4 aromatic carbocycles. The number of ketones is 2. The van der Waals surface area contributed by atoms with Crippen LogP contribution in [-0.4, -0.2) is 107 Å². The fraction of sp³-hybridized carbons (Fsp3) is 0.258. The van der Waals surface area contributed by atoms with Gasteiger partial charge in [-0.15, -0.1) is 0 Å². The highest BCUT2D eigenvalue weighted by atomic mass is 32.2. The predicted octanol–water partition coefficient (Wildman–Crippen LogP) is 9.53. The Morgan fingerprint density at radius 1 is 0.517 bits per heavy atom. The monoisotopic (exact) mass is 1240 g/mol. The summed E-state index contributed by atoms with van der Waals surface area (Å²) >= 11 is 0. The van der Waals surface area contributed by atoms with E-state index in [0.29, 0.717) is 28.7 Å². The van der Waals surface area contributed by atoms with Crippen molar-refractivity contribution in [3.05, 3.63) is 226 Å². The van der Waals surface area contributed by atoms with Gasteiger partial charge in [0, 0.05) is 44.0 Å². The minimum Gasteiger partial charge on any atom is -0.390 e. The molecule has 0 bridgehead atoms. The summed E-state index contributed by atoms with van der Waals surface area (Å²) in [5, 5.41) is 31.7. The van der Waals surface area contributed by atoms with Gasteiger partial charge in [0.05, 0.1) is 58.5 Å². The topological polar surface area (TPSA) is 252 Å². The minimum atomic E-state index is -4.19. The summed E-state index contributed by atoms with van der Waals surface area (Å²) in [6, 6.07) is 25.4. The van der Waals surface area contributed by atoms with Crippen molar-refractivity contribution in [2.75, 3.05) is 13.2 Å². The van der Waals surface area contributed by atoms with Crippen LogP contribution in [0, 0.1) is 48.8 Å². The summed E-state index contributed by atoms with van der Waals surface area (Å²) in [4.78, 5) is 42.4. The SMILES string of the molecule is Cc1ccc(S(=O)(=O)OC[C@H]2O[C@@H](c3ccncc3CC(=O)c3ccc(F)c(-c4c(F)cccc4F)n3)CC[C@@H]2O)cc1.Cc1ccc(S(=O)(=O)OC[C@H]2O[C@@H](c3ccncc3CC(=O)c3ccc(F)c(-c4c(F)cccc4F)n3)C[C@@H](O)[C@@H]2O)cc1. The van der Waals surface area contributed by atoms with Crippen molar-refractivity contribution >= 4 is 31.8 Å². The molecule has 2 aliphatic rings. The average Bonchev–Trinajstić information content (AvgIpc) is 2.15. The highest BCUT2D eigenvalue weighted by molar-refractivity contribution is 7.87. The third-order valence-corrected chi connectivity index (χ3v) is 17.0. The number of benzene rings is 4. The van der Waals surface area contributed by atoms with E-state index in [0.717, 1.165) is 71.8 Å². The molecule has 0 spiro atoms. The van der Waals surface area contributed by atoms with Crippen LogP contribution in [0.4, 0.5) is 26.3 Å². The molecule has 0 saturated carbocycles. The molecule has 8 aromatic rings.